The van der Waals surface area contributed by atoms with E-state index in [1.807, 2.05) is 23.4 Å². The molecule has 0 aromatic carbocycles. The minimum atomic E-state index is 0.351. The Balaban J connectivity index is 1.64. The standard InChI is InChI=1S/C11H17N5S/c1-16-8-13-15-9(16)6-12-10-14-11(7-17-10)4-2-3-5-11/h8H,2-7H2,1H3,(H,12,14). The smallest absolute Gasteiger partial charge is 0.157 e. The Morgan fingerprint density at radius 3 is 3.06 bits per heavy atom. The molecule has 1 aliphatic heterocycles. The fraction of sp³-hybridized carbons (Fsp3) is 0.727. The average molecular weight is 251 g/mol. The van der Waals surface area contributed by atoms with Gasteiger partial charge >= 0.3 is 0 Å². The zero-order valence-electron chi connectivity index (χ0n) is 10.0. The van der Waals surface area contributed by atoms with E-state index in [0.29, 0.717) is 12.1 Å². The van der Waals surface area contributed by atoms with Crippen LogP contribution in [-0.2, 0) is 13.6 Å². The predicted octanol–water partition coefficient (Wildman–Crippen LogP) is 1.32. The van der Waals surface area contributed by atoms with Gasteiger partial charge < -0.3 is 9.88 Å². The number of hydrogen-bond acceptors (Lipinski definition) is 4. The summed E-state index contributed by atoms with van der Waals surface area (Å²) in [7, 11) is 1.95. The number of hydrogen-bond donors (Lipinski definition) is 1. The van der Waals surface area contributed by atoms with E-state index in [1.165, 1.54) is 31.4 Å². The number of aromatic nitrogens is 3. The second-order valence-corrected chi connectivity index (χ2v) is 5.84. The van der Waals surface area contributed by atoms with Crippen LogP contribution in [0.2, 0.25) is 0 Å². The molecule has 1 aromatic rings. The highest BCUT2D eigenvalue weighted by Gasteiger charge is 2.39. The van der Waals surface area contributed by atoms with Crippen molar-refractivity contribution in [3.8, 4) is 0 Å². The Labute approximate surface area is 105 Å². The predicted molar refractivity (Wildman–Crippen MR) is 68.9 cm³/mol. The number of nitrogens with one attached hydrogen (secondary N) is 1. The first-order valence-electron chi connectivity index (χ1n) is 6.06. The third kappa shape index (κ3) is 2.18. The van der Waals surface area contributed by atoms with Gasteiger partial charge in [-0.25, -0.2) is 0 Å². The summed E-state index contributed by atoms with van der Waals surface area (Å²) in [5.41, 5.74) is 0.351. The molecule has 0 radical (unpaired) electrons. The maximum absolute atomic E-state index is 4.59. The van der Waals surface area contributed by atoms with Crippen LogP contribution in [0.1, 0.15) is 31.5 Å². The summed E-state index contributed by atoms with van der Waals surface area (Å²) >= 11 is 1.85. The first-order valence-corrected chi connectivity index (χ1v) is 7.04. The molecule has 1 aliphatic carbocycles. The van der Waals surface area contributed by atoms with Crippen molar-refractivity contribution < 1.29 is 0 Å². The summed E-state index contributed by atoms with van der Waals surface area (Å²) < 4.78 is 1.91. The fourth-order valence-corrected chi connectivity index (χ4v) is 3.72. The van der Waals surface area contributed by atoms with Gasteiger partial charge in [0, 0.05) is 18.3 Å². The topological polar surface area (TPSA) is 55.1 Å². The Morgan fingerprint density at radius 2 is 2.35 bits per heavy atom. The van der Waals surface area contributed by atoms with Crippen LogP contribution in [0.25, 0.3) is 0 Å². The molecule has 1 N–H and O–H groups in total. The molecule has 0 unspecified atom stereocenters. The molecule has 0 atom stereocenters. The van der Waals surface area contributed by atoms with Crippen LogP contribution in [0.15, 0.2) is 11.3 Å². The van der Waals surface area contributed by atoms with Gasteiger partial charge in [0.1, 0.15) is 12.9 Å². The van der Waals surface area contributed by atoms with E-state index >= 15 is 0 Å². The number of rotatable bonds is 2. The molecule has 0 amide bonds. The van der Waals surface area contributed by atoms with Crippen LogP contribution < -0.4 is 5.32 Å². The van der Waals surface area contributed by atoms with E-state index < -0.39 is 0 Å². The molecule has 2 heterocycles. The number of nitrogens with zero attached hydrogens (tertiary/aromatic N) is 4. The maximum Gasteiger partial charge on any atom is 0.157 e. The lowest BCUT2D eigenvalue weighted by Crippen LogP contribution is -2.40. The maximum atomic E-state index is 4.59. The van der Waals surface area contributed by atoms with Crippen LogP contribution in [0.5, 0.6) is 0 Å². The van der Waals surface area contributed by atoms with Gasteiger partial charge in [-0.3, -0.25) is 4.99 Å². The highest BCUT2D eigenvalue weighted by molar-refractivity contribution is 8.14. The van der Waals surface area contributed by atoms with E-state index in [1.54, 1.807) is 6.33 Å². The van der Waals surface area contributed by atoms with Crippen molar-refractivity contribution in [3.05, 3.63) is 12.2 Å². The molecule has 6 heteroatoms. The molecule has 5 nitrogen and oxygen atoms in total. The van der Waals surface area contributed by atoms with Crippen LogP contribution in [0, 0.1) is 0 Å². The molecule has 92 valence electrons. The Hall–Kier alpha value is -1.04. The molecule has 0 bridgehead atoms. The van der Waals surface area contributed by atoms with Crippen LogP contribution in [0.4, 0.5) is 0 Å². The van der Waals surface area contributed by atoms with E-state index in [-0.39, 0.29) is 0 Å². The van der Waals surface area contributed by atoms with E-state index in [0.717, 1.165) is 11.0 Å². The van der Waals surface area contributed by atoms with Crippen LogP contribution >= 0.6 is 11.8 Å². The van der Waals surface area contributed by atoms with Gasteiger partial charge in [0.25, 0.3) is 0 Å². The number of aryl methyl sites for hydroxylation is 1. The summed E-state index contributed by atoms with van der Waals surface area (Å²) in [6.45, 7) is 0.613. The van der Waals surface area contributed by atoms with E-state index in [2.05, 4.69) is 20.5 Å². The molecular formula is C11H17N5S. The van der Waals surface area contributed by atoms with Gasteiger partial charge in [-0.05, 0) is 12.8 Å². The van der Waals surface area contributed by atoms with Gasteiger partial charge in [-0.1, -0.05) is 24.6 Å². The molecule has 2 fully saturated rings. The van der Waals surface area contributed by atoms with Crippen molar-refractivity contribution in [3.63, 3.8) is 0 Å². The summed E-state index contributed by atoms with van der Waals surface area (Å²) in [4.78, 5) is 4.59. The minimum absolute atomic E-state index is 0.351. The zero-order chi connectivity index (χ0) is 11.7. The number of amidine groups is 1. The Kier molecular flexibility index (Phi) is 2.82. The van der Waals surface area contributed by atoms with E-state index in [4.69, 9.17) is 0 Å². The zero-order valence-corrected chi connectivity index (χ0v) is 10.8. The molecule has 1 saturated heterocycles. The van der Waals surface area contributed by atoms with Crippen molar-refractivity contribution >= 4 is 16.9 Å². The highest BCUT2D eigenvalue weighted by Crippen LogP contribution is 2.37. The van der Waals surface area contributed by atoms with Gasteiger partial charge in [0.2, 0.25) is 0 Å². The molecule has 1 spiro atoms. The Bertz CT molecular complexity index is 433. The van der Waals surface area contributed by atoms with Crippen molar-refractivity contribution in [2.75, 3.05) is 5.75 Å². The normalized spacial score (nSPS) is 24.6. The first-order chi connectivity index (χ1) is 8.27. The lowest BCUT2D eigenvalue weighted by Gasteiger charge is -2.21. The summed E-state index contributed by atoms with van der Waals surface area (Å²) in [5, 5.41) is 12.6. The summed E-state index contributed by atoms with van der Waals surface area (Å²) in [6, 6.07) is 0. The number of aliphatic imine (C=N–C) groups is 1. The first kappa shape index (κ1) is 11.1. The van der Waals surface area contributed by atoms with Crippen molar-refractivity contribution in [1.82, 2.24) is 20.1 Å². The molecule has 3 rings (SSSR count). The molecule has 17 heavy (non-hydrogen) atoms. The summed E-state index contributed by atoms with van der Waals surface area (Å²) in [5.74, 6) is 2.08. The lowest BCUT2D eigenvalue weighted by molar-refractivity contribution is 0.452. The molecule has 2 aliphatic rings. The van der Waals surface area contributed by atoms with Crippen molar-refractivity contribution in [2.24, 2.45) is 12.0 Å². The highest BCUT2D eigenvalue weighted by atomic mass is 32.2. The largest absolute Gasteiger partial charge is 0.359 e. The second kappa shape index (κ2) is 4.33. The molecule has 1 aromatic heterocycles. The fourth-order valence-electron chi connectivity index (χ4n) is 2.50. The van der Waals surface area contributed by atoms with Gasteiger partial charge in [-0.15, -0.1) is 10.2 Å². The third-order valence-electron chi connectivity index (χ3n) is 3.59. The monoisotopic (exact) mass is 251 g/mol. The van der Waals surface area contributed by atoms with Gasteiger partial charge in [0.15, 0.2) is 11.0 Å². The van der Waals surface area contributed by atoms with Gasteiger partial charge in [0.05, 0.1) is 0 Å². The minimum Gasteiger partial charge on any atom is -0.359 e. The molecular weight excluding hydrogens is 234 g/mol. The quantitative estimate of drug-likeness (QED) is 0.861. The van der Waals surface area contributed by atoms with Gasteiger partial charge in [-0.2, -0.15) is 0 Å². The van der Waals surface area contributed by atoms with Crippen LogP contribution in [0.3, 0.4) is 0 Å². The lowest BCUT2D eigenvalue weighted by atomic mass is 10.0. The summed E-state index contributed by atoms with van der Waals surface area (Å²) in [6.07, 6.45) is 7.00. The van der Waals surface area contributed by atoms with Crippen molar-refractivity contribution in [1.29, 1.82) is 0 Å². The Morgan fingerprint density at radius 1 is 1.53 bits per heavy atom. The van der Waals surface area contributed by atoms with Crippen molar-refractivity contribution in [2.45, 2.75) is 37.8 Å². The second-order valence-electron chi connectivity index (χ2n) is 4.88. The van der Waals surface area contributed by atoms with Crippen LogP contribution in [-0.4, -0.2) is 31.2 Å². The van der Waals surface area contributed by atoms with E-state index in [9.17, 15) is 0 Å². The number of thioether (sulfide) groups is 1. The third-order valence-corrected chi connectivity index (χ3v) is 4.79. The average Bonchev–Trinajstić information content (AvgIpc) is 3.01. The SMILES string of the molecule is Cn1cnnc1CN=C1NC2(CCCC2)CS1. The molecule has 1 saturated carbocycles.